The fraction of sp³-hybridized carbons (Fsp3) is 0.500. The summed E-state index contributed by atoms with van der Waals surface area (Å²) in [7, 11) is 5.94. The molecule has 2 aromatic rings. The molecule has 0 amide bonds. The fourth-order valence-electron chi connectivity index (χ4n) is 3.35. The van der Waals surface area contributed by atoms with Gasteiger partial charge in [-0.3, -0.25) is 4.99 Å². The Morgan fingerprint density at radius 1 is 1.21 bits per heavy atom. The number of rotatable bonds is 7. The van der Waals surface area contributed by atoms with Gasteiger partial charge in [-0.25, -0.2) is 0 Å². The Bertz CT molecular complexity index is 748. The normalized spacial score (nSPS) is 15.6. The van der Waals surface area contributed by atoms with Crippen molar-refractivity contribution in [3.05, 3.63) is 59.4 Å². The van der Waals surface area contributed by atoms with Crippen LogP contribution in [0, 0.1) is 0 Å². The van der Waals surface area contributed by atoms with E-state index in [1.54, 1.807) is 0 Å². The number of nitrogens with zero attached hydrogens (tertiary/aromatic N) is 3. The van der Waals surface area contributed by atoms with Crippen molar-refractivity contribution in [2.75, 3.05) is 27.3 Å². The molecule has 1 fully saturated rings. The zero-order valence-corrected chi connectivity index (χ0v) is 17.2. The molecule has 0 bridgehead atoms. The molecule has 1 N–H and O–H groups in total. The van der Waals surface area contributed by atoms with E-state index in [0.29, 0.717) is 12.7 Å². The van der Waals surface area contributed by atoms with E-state index in [9.17, 15) is 0 Å². The zero-order chi connectivity index (χ0) is 19.8. The van der Waals surface area contributed by atoms with Gasteiger partial charge in [-0.2, -0.15) is 0 Å². The summed E-state index contributed by atoms with van der Waals surface area (Å²) in [5, 5.41) is 3.44. The third-order valence-corrected chi connectivity index (χ3v) is 5.15. The van der Waals surface area contributed by atoms with Crippen LogP contribution in [0.4, 0.5) is 0 Å². The molecule has 0 saturated carbocycles. The third-order valence-electron chi connectivity index (χ3n) is 5.15. The van der Waals surface area contributed by atoms with E-state index in [1.165, 1.54) is 16.8 Å². The van der Waals surface area contributed by atoms with Crippen molar-refractivity contribution in [3.63, 3.8) is 0 Å². The molecule has 152 valence electrons. The second kappa shape index (κ2) is 10.3. The molecule has 1 aromatic carbocycles. The van der Waals surface area contributed by atoms with Crippen LogP contribution in [0.2, 0.25) is 0 Å². The summed E-state index contributed by atoms with van der Waals surface area (Å²) in [4.78, 5) is 6.53. The summed E-state index contributed by atoms with van der Waals surface area (Å²) in [6.45, 7) is 3.85. The molecule has 0 atom stereocenters. The summed E-state index contributed by atoms with van der Waals surface area (Å²) in [6, 6.07) is 12.8. The molecule has 6 nitrogen and oxygen atoms in total. The Balaban J connectivity index is 1.45. The van der Waals surface area contributed by atoms with Crippen molar-refractivity contribution in [2.24, 2.45) is 12.0 Å². The average Bonchev–Trinajstić information content (AvgIpc) is 3.13. The minimum Gasteiger partial charge on any atom is -0.381 e. The zero-order valence-electron chi connectivity index (χ0n) is 17.2. The quantitative estimate of drug-likeness (QED) is 0.589. The topological polar surface area (TPSA) is 51.0 Å². The van der Waals surface area contributed by atoms with E-state index in [4.69, 9.17) is 9.47 Å². The van der Waals surface area contributed by atoms with Crippen LogP contribution in [-0.4, -0.2) is 48.8 Å². The van der Waals surface area contributed by atoms with Gasteiger partial charge in [0.15, 0.2) is 5.96 Å². The van der Waals surface area contributed by atoms with Crippen molar-refractivity contribution < 1.29 is 9.47 Å². The molecule has 1 aliphatic rings. The molecule has 3 rings (SSSR count). The van der Waals surface area contributed by atoms with E-state index in [0.717, 1.165) is 45.1 Å². The van der Waals surface area contributed by atoms with Gasteiger partial charge in [0, 0.05) is 52.8 Å². The van der Waals surface area contributed by atoms with Crippen LogP contribution in [0.1, 0.15) is 29.7 Å². The first-order valence-corrected chi connectivity index (χ1v) is 9.95. The fourth-order valence-corrected chi connectivity index (χ4v) is 3.35. The first-order chi connectivity index (χ1) is 13.7. The number of hydrogen-bond acceptors (Lipinski definition) is 3. The number of aliphatic imine (C=N–C) groups is 1. The van der Waals surface area contributed by atoms with E-state index in [-0.39, 0.29) is 0 Å². The van der Waals surface area contributed by atoms with Gasteiger partial charge < -0.3 is 24.3 Å². The molecule has 0 spiro atoms. The average molecular weight is 385 g/mol. The Kier molecular flexibility index (Phi) is 7.51. The number of hydrogen-bond donors (Lipinski definition) is 1. The largest absolute Gasteiger partial charge is 0.381 e. The highest BCUT2D eigenvalue weighted by molar-refractivity contribution is 5.79. The lowest BCUT2D eigenvalue weighted by atomic mass is 10.1. The SMILES string of the molecule is CN=C(NCc1ccc(COC2CCOCC2)cc1)N(C)Cc1cccn1C. The number of ether oxygens (including phenoxy) is 2. The van der Waals surface area contributed by atoms with Gasteiger partial charge in [-0.05, 0) is 36.1 Å². The Morgan fingerprint density at radius 2 is 1.93 bits per heavy atom. The van der Waals surface area contributed by atoms with Gasteiger partial charge in [-0.1, -0.05) is 24.3 Å². The predicted octanol–water partition coefficient (Wildman–Crippen LogP) is 2.93. The molecule has 0 radical (unpaired) electrons. The van der Waals surface area contributed by atoms with Crippen molar-refractivity contribution >= 4 is 5.96 Å². The van der Waals surface area contributed by atoms with Crippen molar-refractivity contribution in [1.82, 2.24) is 14.8 Å². The Hall–Kier alpha value is -2.31. The molecule has 1 aliphatic heterocycles. The van der Waals surface area contributed by atoms with Gasteiger partial charge in [0.2, 0.25) is 0 Å². The number of aryl methyl sites for hydroxylation is 1. The van der Waals surface area contributed by atoms with E-state index in [2.05, 4.69) is 76.5 Å². The summed E-state index contributed by atoms with van der Waals surface area (Å²) in [5.41, 5.74) is 3.68. The second-order valence-electron chi connectivity index (χ2n) is 7.31. The van der Waals surface area contributed by atoms with Crippen LogP contribution in [0.5, 0.6) is 0 Å². The molecule has 0 aliphatic carbocycles. The van der Waals surface area contributed by atoms with Crippen LogP contribution in [0.15, 0.2) is 47.6 Å². The predicted molar refractivity (Wildman–Crippen MR) is 112 cm³/mol. The first kappa shape index (κ1) is 20.4. The van der Waals surface area contributed by atoms with Gasteiger partial charge in [-0.15, -0.1) is 0 Å². The molecule has 6 heteroatoms. The smallest absolute Gasteiger partial charge is 0.194 e. The van der Waals surface area contributed by atoms with Crippen LogP contribution in [-0.2, 0) is 36.2 Å². The lowest BCUT2D eigenvalue weighted by Crippen LogP contribution is -2.38. The van der Waals surface area contributed by atoms with Crippen LogP contribution >= 0.6 is 0 Å². The molecule has 28 heavy (non-hydrogen) atoms. The highest BCUT2D eigenvalue weighted by atomic mass is 16.5. The molecule has 1 saturated heterocycles. The second-order valence-corrected chi connectivity index (χ2v) is 7.31. The number of guanidine groups is 1. The van der Waals surface area contributed by atoms with Gasteiger partial charge in [0.1, 0.15) is 0 Å². The molecule has 0 unspecified atom stereocenters. The highest BCUT2D eigenvalue weighted by Crippen LogP contribution is 2.14. The maximum absolute atomic E-state index is 5.99. The lowest BCUT2D eigenvalue weighted by molar-refractivity contribution is -0.0390. The summed E-state index contributed by atoms with van der Waals surface area (Å²) < 4.78 is 13.5. The Morgan fingerprint density at radius 3 is 2.57 bits per heavy atom. The number of nitrogens with one attached hydrogen (secondary N) is 1. The maximum Gasteiger partial charge on any atom is 0.194 e. The molecule has 2 heterocycles. The first-order valence-electron chi connectivity index (χ1n) is 9.95. The van der Waals surface area contributed by atoms with Crippen molar-refractivity contribution in [3.8, 4) is 0 Å². The monoisotopic (exact) mass is 384 g/mol. The van der Waals surface area contributed by atoms with Crippen molar-refractivity contribution in [1.29, 1.82) is 0 Å². The van der Waals surface area contributed by atoms with E-state index < -0.39 is 0 Å². The lowest BCUT2D eigenvalue weighted by Gasteiger charge is -2.23. The van der Waals surface area contributed by atoms with Gasteiger partial charge in [0.05, 0.1) is 19.3 Å². The van der Waals surface area contributed by atoms with Crippen LogP contribution < -0.4 is 5.32 Å². The molecular weight excluding hydrogens is 352 g/mol. The summed E-state index contributed by atoms with van der Waals surface area (Å²) >= 11 is 0. The number of aromatic nitrogens is 1. The Labute approximate surface area is 168 Å². The maximum atomic E-state index is 5.99. The standard InChI is InChI=1S/C22H32N4O2/c1-23-22(26(3)16-20-5-4-12-25(20)2)24-15-18-6-8-19(9-7-18)17-28-21-10-13-27-14-11-21/h4-9,12,21H,10-11,13-17H2,1-3H3,(H,23,24). The minimum atomic E-state index is 0.332. The van der Waals surface area contributed by atoms with Gasteiger partial charge in [0.25, 0.3) is 0 Å². The molecule has 1 aromatic heterocycles. The van der Waals surface area contributed by atoms with Crippen molar-refractivity contribution in [2.45, 2.75) is 38.6 Å². The molecular formula is C22H32N4O2. The highest BCUT2D eigenvalue weighted by Gasteiger charge is 2.14. The third kappa shape index (κ3) is 5.84. The van der Waals surface area contributed by atoms with Crippen LogP contribution in [0.3, 0.4) is 0 Å². The van der Waals surface area contributed by atoms with E-state index >= 15 is 0 Å². The van der Waals surface area contributed by atoms with Crippen LogP contribution in [0.25, 0.3) is 0 Å². The number of benzene rings is 1. The summed E-state index contributed by atoms with van der Waals surface area (Å²) in [5.74, 6) is 0.883. The minimum absolute atomic E-state index is 0.332. The van der Waals surface area contributed by atoms with Gasteiger partial charge >= 0.3 is 0 Å². The summed E-state index contributed by atoms with van der Waals surface area (Å²) in [6.07, 6.45) is 4.39. The van der Waals surface area contributed by atoms with E-state index in [1.807, 2.05) is 7.05 Å².